The molecule has 0 aliphatic heterocycles. The maximum Gasteiger partial charge on any atom is 0.225 e. The van der Waals surface area contributed by atoms with Crippen molar-refractivity contribution in [1.82, 2.24) is 4.98 Å². The highest BCUT2D eigenvalue weighted by molar-refractivity contribution is 5.89. The third-order valence-corrected chi connectivity index (χ3v) is 3.23. The zero-order valence-corrected chi connectivity index (χ0v) is 13.1. The number of carbonyl (C=O) groups excluding carboxylic acids is 1. The first-order valence-electron chi connectivity index (χ1n) is 7.05. The van der Waals surface area contributed by atoms with Gasteiger partial charge in [0.25, 0.3) is 0 Å². The summed E-state index contributed by atoms with van der Waals surface area (Å²) in [7, 11) is 3.21. The van der Waals surface area contributed by atoms with Crippen LogP contribution in [0, 0.1) is 6.92 Å². The number of pyridine rings is 1. The monoisotopic (exact) mass is 300 g/mol. The summed E-state index contributed by atoms with van der Waals surface area (Å²) in [5, 5.41) is 2.78. The van der Waals surface area contributed by atoms with Crippen molar-refractivity contribution in [2.45, 2.75) is 19.8 Å². The summed E-state index contributed by atoms with van der Waals surface area (Å²) in [5.41, 5.74) is 2.05. The predicted octanol–water partition coefficient (Wildman–Crippen LogP) is 2.98. The molecule has 2 aromatic rings. The Morgan fingerprint density at radius 2 is 1.82 bits per heavy atom. The molecule has 2 rings (SSSR count). The summed E-state index contributed by atoms with van der Waals surface area (Å²) in [4.78, 5) is 16.1. The average molecular weight is 300 g/mol. The van der Waals surface area contributed by atoms with Gasteiger partial charge in [-0.2, -0.15) is 0 Å². The number of rotatable bonds is 6. The van der Waals surface area contributed by atoms with Crippen LogP contribution in [-0.2, 0) is 11.2 Å². The van der Waals surface area contributed by atoms with Gasteiger partial charge in [-0.1, -0.05) is 6.07 Å². The lowest BCUT2D eigenvalue weighted by Gasteiger charge is -2.09. The van der Waals surface area contributed by atoms with Gasteiger partial charge >= 0.3 is 0 Å². The lowest BCUT2D eigenvalue weighted by molar-refractivity contribution is -0.116. The molecular formula is C17H20N2O3. The Labute approximate surface area is 130 Å². The number of aromatic nitrogens is 1. The first kappa shape index (κ1) is 15.8. The Morgan fingerprint density at radius 3 is 2.36 bits per heavy atom. The molecule has 1 amide bonds. The molecule has 5 nitrogen and oxygen atoms in total. The van der Waals surface area contributed by atoms with Crippen molar-refractivity contribution in [3.63, 3.8) is 0 Å². The fourth-order valence-corrected chi connectivity index (χ4v) is 2.02. The first-order chi connectivity index (χ1) is 10.6. The van der Waals surface area contributed by atoms with Crippen LogP contribution in [0.4, 0.5) is 5.82 Å². The Morgan fingerprint density at radius 1 is 1.14 bits per heavy atom. The van der Waals surface area contributed by atoms with Crippen molar-refractivity contribution in [3.8, 4) is 11.5 Å². The molecular weight excluding hydrogens is 280 g/mol. The van der Waals surface area contributed by atoms with E-state index < -0.39 is 0 Å². The van der Waals surface area contributed by atoms with Gasteiger partial charge in [0.05, 0.1) is 14.2 Å². The second-order valence-corrected chi connectivity index (χ2v) is 4.99. The molecule has 0 radical (unpaired) electrons. The molecule has 0 aliphatic carbocycles. The molecule has 5 heteroatoms. The summed E-state index contributed by atoms with van der Waals surface area (Å²) in [6.07, 6.45) is 2.69. The molecule has 0 unspecified atom stereocenters. The number of carbonyl (C=O) groups is 1. The molecule has 0 saturated heterocycles. The minimum Gasteiger partial charge on any atom is -0.497 e. The third-order valence-electron chi connectivity index (χ3n) is 3.23. The lowest BCUT2D eigenvalue weighted by Crippen LogP contribution is -2.13. The number of nitrogens with one attached hydrogen (secondary N) is 1. The molecule has 0 fully saturated rings. The molecule has 116 valence electrons. The highest BCUT2D eigenvalue weighted by Gasteiger charge is 2.06. The van der Waals surface area contributed by atoms with E-state index >= 15 is 0 Å². The van der Waals surface area contributed by atoms with E-state index in [9.17, 15) is 4.79 Å². The Hall–Kier alpha value is -2.56. The average Bonchev–Trinajstić information content (AvgIpc) is 2.54. The van der Waals surface area contributed by atoms with Crippen LogP contribution in [0.25, 0.3) is 0 Å². The second kappa shape index (κ2) is 7.45. The highest BCUT2D eigenvalue weighted by Crippen LogP contribution is 2.23. The van der Waals surface area contributed by atoms with E-state index in [1.165, 1.54) is 0 Å². The first-order valence-corrected chi connectivity index (χ1v) is 7.05. The smallest absolute Gasteiger partial charge is 0.225 e. The maximum atomic E-state index is 12.0. The number of nitrogens with zero attached hydrogens (tertiary/aromatic N) is 1. The summed E-state index contributed by atoms with van der Waals surface area (Å²) in [5.74, 6) is 1.93. The molecule has 1 heterocycles. The van der Waals surface area contributed by atoms with E-state index in [1.807, 2.05) is 25.1 Å². The topological polar surface area (TPSA) is 60.5 Å². The highest BCUT2D eigenvalue weighted by atomic mass is 16.5. The van der Waals surface area contributed by atoms with Crippen molar-refractivity contribution in [2.24, 2.45) is 0 Å². The summed E-state index contributed by atoms with van der Waals surface area (Å²) in [6.45, 7) is 1.95. The van der Waals surface area contributed by atoms with Gasteiger partial charge in [-0.3, -0.25) is 4.79 Å². The molecule has 1 aromatic carbocycles. The quantitative estimate of drug-likeness (QED) is 0.891. The minimum absolute atomic E-state index is 0.0712. The SMILES string of the molecule is COc1cc(CCC(=O)Nc2ccc(C)cn2)cc(OC)c1. The van der Waals surface area contributed by atoms with Crippen LogP contribution in [0.2, 0.25) is 0 Å². The fraction of sp³-hybridized carbons (Fsp3) is 0.294. The molecule has 22 heavy (non-hydrogen) atoms. The van der Waals surface area contributed by atoms with Crippen molar-refractivity contribution in [1.29, 1.82) is 0 Å². The van der Waals surface area contributed by atoms with Gasteiger partial charge in [0.15, 0.2) is 0 Å². The summed E-state index contributed by atoms with van der Waals surface area (Å²) < 4.78 is 10.4. The van der Waals surface area contributed by atoms with Crippen molar-refractivity contribution in [3.05, 3.63) is 47.7 Å². The predicted molar refractivity (Wildman–Crippen MR) is 85.5 cm³/mol. The molecule has 0 atom stereocenters. The summed E-state index contributed by atoms with van der Waals surface area (Å²) >= 11 is 0. The van der Waals surface area contributed by atoms with Crippen LogP contribution in [0.1, 0.15) is 17.5 Å². The zero-order chi connectivity index (χ0) is 15.9. The number of amides is 1. The van der Waals surface area contributed by atoms with Gasteiger partial charge < -0.3 is 14.8 Å². The van der Waals surface area contributed by atoms with Gasteiger partial charge in [0.2, 0.25) is 5.91 Å². The lowest BCUT2D eigenvalue weighted by atomic mass is 10.1. The summed E-state index contributed by atoms with van der Waals surface area (Å²) in [6, 6.07) is 9.32. The Bertz CT molecular complexity index is 617. The largest absolute Gasteiger partial charge is 0.497 e. The number of benzene rings is 1. The minimum atomic E-state index is -0.0712. The standard InChI is InChI=1S/C17H20N2O3/c1-12-4-6-16(18-11-12)19-17(20)7-5-13-8-14(21-2)10-15(9-13)22-3/h4,6,8-11H,5,7H2,1-3H3,(H,18,19,20). The number of hydrogen-bond donors (Lipinski definition) is 1. The normalized spacial score (nSPS) is 10.1. The number of aryl methyl sites for hydroxylation is 2. The Balaban J connectivity index is 1.94. The van der Waals surface area contributed by atoms with Crippen molar-refractivity contribution < 1.29 is 14.3 Å². The number of anilines is 1. The van der Waals surface area contributed by atoms with Crippen LogP contribution >= 0.6 is 0 Å². The van der Waals surface area contributed by atoms with Crippen LogP contribution in [-0.4, -0.2) is 25.1 Å². The van der Waals surface area contributed by atoms with E-state index in [1.54, 1.807) is 32.5 Å². The van der Waals surface area contributed by atoms with Gasteiger partial charge in [0.1, 0.15) is 17.3 Å². The van der Waals surface area contributed by atoms with Crippen LogP contribution in [0.5, 0.6) is 11.5 Å². The van der Waals surface area contributed by atoms with E-state index in [0.717, 1.165) is 22.6 Å². The van der Waals surface area contributed by atoms with Crippen LogP contribution < -0.4 is 14.8 Å². The fourth-order valence-electron chi connectivity index (χ4n) is 2.02. The molecule has 0 saturated carbocycles. The van der Waals surface area contributed by atoms with Gasteiger partial charge in [-0.15, -0.1) is 0 Å². The molecule has 0 bridgehead atoms. The molecule has 1 aromatic heterocycles. The van der Waals surface area contributed by atoms with E-state index in [-0.39, 0.29) is 5.91 Å². The second-order valence-electron chi connectivity index (χ2n) is 4.99. The third kappa shape index (κ3) is 4.48. The van der Waals surface area contributed by atoms with Crippen molar-refractivity contribution >= 4 is 11.7 Å². The van der Waals surface area contributed by atoms with E-state index in [0.29, 0.717) is 18.7 Å². The van der Waals surface area contributed by atoms with Crippen LogP contribution in [0.15, 0.2) is 36.5 Å². The van der Waals surface area contributed by atoms with E-state index in [2.05, 4.69) is 10.3 Å². The van der Waals surface area contributed by atoms with Crippen molar-refractivity contribution in [2.75, 3.05) is 19.5 Å². The maximum absolute atomic E-state index is 12.0. The Kier molecular flexibility index (Phi) is 5.36. The molecule has 0 aliphatic rings. The zero-order valence-electron chi connectivity index (χ0n) is 13.1. The van der Waals surface area contributed by atoms with Crippen LogP contribution in [0.3, 0.4) is 0 Å². The van der Waals surface area contributed by atoms with Gasteiger partial charge in [-0.05, 0) is 42.7 Å². The van der Waals surface area contributed by atoms with E-state index in [4.69, 9.17) is 9.47 Å². The number of hydrogen-bond acceptors (Lipinski definition) is 4. The molecule has 1 N–H and O–H groups in total. The van der Waals surface area contributed by atoms with Gasteiger partial charge in [0, 0.05) is 18.7 Å². The number of methoxy groups -OCH3 is 2. The molecule has 0 spiro atoms. The van der Waals surface area contributed by atoms with Gasteiger partial charge in [-0.25, -0.2) is 4.98 Å². The number of ether oxygens (including phenoxy) is 2.